The van der Waals surface area contributed by atoms with Crippen LogP contribution in [0.2, 0.25) is 0 Å². The summed E-state index contributed by atoms with van der Waals surface area (Å²) < 4.78 is 48.9. The highest BCUT2D eigenvalue weighted by Crippen LogP contribution is 2.32. The Hall–Kier alpha value is -3.36. The van der Waals surface area contributed by atoms with Gasteiger partial charge in [0.1, 0.15) is 0 Å². The fourth-order valence-corrected chi connectivity index (χ4v) is 2.14. The summed E-state index contributed by atoms with van der Waals surface area (Å²) in [6.07, 6.45) is 0. The predicted molar refractivity (Wildman–Crippen MR) is 88.9 cm³/mol. The number of carbonyl (C=O) groups excluding carboxylic acids is 2. The highest BCUT2D eigenvalue weighted by molar-refractivity contribution is 5.93. The average Bonchev–Trinajstić information content (AvgIpc) is 2.67. The zero-order valence-electron chi connectivity index (χ0n) is 14.7. The van der Waals surface area contributed by atoms with Crippen molar-refractivity contribution in [2.75, 3.05) is 21.3 Å². The van der Waals surface area contributed by atoms with E-state index in [2.05, 4.69) is 9.47 Å². The molecule has 0 aliphatic heterocycles. The molecule has 2 aromatic rings. The third kappa shape index (κ3) is 4.84. The van der Waals surface area contributed by atoms with Crippen LogP contribution >= 0.6 is 0 Å². The lowest BCUT2D eigenvalue weighted by Crippen LogP contribution is -2.11. The van der Waals surface area contributed by atoms with Crippen LogP contribution in [0.25, 0.3) is 0 Å². The lowest BCUT2D eigenvalue weighted by atomic mass is 10.2. The van der Waals surface area contributed by atoms with Gasteiger partial charge in [-0.2, -0.15) is 8.78 Å². The minimum absolute atomic E-state index is 0.0348. The van der Waals surface area contributed by atoms with Crippen molar-refractivity contribution >= 4 is 11.9 Å². The van der Waals surface area contributed by atoms with Crippen LogP contribution in [-0.2, 0) is 4.74 Å². The molecule has 0 atom stereocenters. The number of ether oxygens (including phenoxy) is 5. The van der Waals surface area contributed by atoms with E-state index < -0.39 is 18.6 Å². The maximum Gasteiger partial charge on any atom is 0.387 e. The molecule has 0 fully saturated rings. The second-order valence-corrected chi connectivity index (χ2v) is 4.99. The quantitative estimate of drug-likeness (QED) is 0.537. The van der Waals surface area contributed by atoms with Crippen LogP contribution in [0.3, 0.4) is 0 Å². The topological polar surface area (TPSA) is 80.3 Å². The van der Waals surface area contributed by atoms with Gasteiger partial charge in [0.25, 0.3) is 0 Å². The first-order valence-corrected chi connectivity index (χ1v) is 7.51. The maximum atomic E-state index is 12.4. The standard InChI is InChI=1S/C18H16F2O7/c1-23-14-8-10(16(21)25-3)4-6-12(14)26-17(22)11-5-7-13(27-18(19)20)15(9-11)24-2/h4-9,18H,1-3H3. The number of halogens is 2. The van der Waals surface area contributed by atoms with E-state index in [1.165, 1.54) is 57.7 Å². The summed E-state index contributed by atoms with van der Waals surface area (Å²) >= 11 is 0. The van der Waals surface area contributed by atoms with Gasteiger partial charge in [-0.3, -0.25) is 0 Å². The first-order chi connectivity index (χ1) is 12.9. The number of methoxy groups -OCH3 is 3. The molecule has 0 heterocycles. The van der Waals surface area contributed by atoms with Crippen molar-refractivity contribution < 1.29 is 42.1 Å². The van der Waals surface area contributed by atoms with Crippen LogP contribution < -0.4 is 18.9 Å². The zero-order valence-corrected chi connectivity index (χ0v) is 14.7. The van der Waals surface area contributed by atoms with Crippen molar-refractivity contribution in [1.29, 1.82) is 0 Å². The van der Waals surface area contributed by atoms with Gasteiger partial charge in [-0.1, -0.05) is 0 Å². The highest BCUT2D eigenvalue weighted by Gasteiger charge is 2.18. The molecule has 0 radical (unpaired) electrons. The number of esters is 2. The Morgan fingerprint density at radius 1 is 0.778 bits per heavy atom. The molecular formula is C18H16F2O7. The number of hydrogen-bond donors (Lipinski definition) is 0. The van der Waals surface area contributed by atoms with Crippen molar-refractivity contribution in [2.45, 2.75) is 6.61 Å². The maximum absolute atomic E-state index is 12.4. The van der Waals surface area contributed by atoms with Crippen molar-refractivity contribution in [3.05, 3.63) is 47.5 Å². The molecule has 144 valence electrons. The molecule has 0 N–H and O–H groups in total. The molecule has 0 aromatic heterocycles. The normalized spacial score (nSPS) is 10.3. The van der Waals surface area contributed by atoms with Crippen LogP contribution in [0.1, 0.15) is 20.7 Å². The summed E-state index contributed by atoms with van der Waals surface area (Å²) in [5.74, 6) is -1.45. The van der Waals surface area contributed by atoms with E-state index in [0.717, 1.165) is 0 Å². The van der Waals surface area contributed by atoms with E-state index in [-0.39, 0.29) is 34.1 Å². The SMILES string of the molecule is COC(=O)c1ccc(OC(=O)c2ccc(OC(F)F)c(OC)c2)c(OC)c1. The summed E-state index contributed by atoms with van der Waals surface area (Å²) in [5, 5.41) is 0. The van der Waals surface area contributed by atoms with E-state index >= 15 is 0 Å². The second-order valence-electron chi connectivity index (χ2n) is 4.99. The van der Waals surface area contributed by atoms with Crippen molar-refractivity contribution in [3.8, 4) is 23.0 Å². The largest absolute Gasteiger partial charge is 0.493 e. The summed E-state index contributed by atoms with van der Waals surface area (Å²) in [6.45, 7) is -3.03. The number of alkyl halides is 2. The zero-order chi connectivity index (χ0) is 20.0. The Morgan fingerprint density at radius 2 is 1.30 bits per heavy atom. The number of carbonyl (C=O) groups is 2. The highest BCUT2D eigenvalue weighted by atomic mass is 19.3. The monoisotopic (exact) mass is 382 g/mol. The molecule has 9 heteroatoms. The van der Waals surface area contributed by atoms with Gasteiger partial charge >= 0.3 is 18.6 Å². The molecule has 0 aliphatic rings. The molecule has 2 aromatic carbocycles. The molecule has 0 saturated carbocycles. The number of benzene rings is 2. The van der Waals surface area contributed by atoms with Gasteiger partial charge in [-0.25, -0.2) is 9.59 Å². The Bertz CT molecular complexity index is 836. The molecule has 0 amide bonds. The lowest BCUT2D eigenvalue weighted by molar-refractivity contribution is -0.0512. The molecule has 0 aliphatic carbocycles. The van der Waals surface area contributed by atoms with Crippen molar-refractivity contribution in [2.24, 2.45) is 0 Å². The summed E-state index contributed by atoms with van der Waals surface area (Å²) in [6, 6.07) is 7.74. The van der Waals surface area contributed by atoms with E-state index in [4.69, 9.17) is 14.2 Å². The van der Waals surface area contributed by atoms with Crippen LogP contribution in [0, 0.1) is 0 Å². The first kappa shape index (κ1) is 20.0. The summed E-state index contributed by atoms with van der Waals surface area (Å²) in [7, 11) is 3.82. The second kappa shape index (κ2) is 8.84. The molecule has 7 nitrogen and oxygen atoms in total. The molecule has 0 saturated heterocycles. The van der Waals surface area contributed by atoms with Gasteiger partial charge in [0.15, 0.2) is 23.0 Å². The Kier molecular flexibility index (Phi) is 6.53. The minimum atomic E-state index is -3.03. The summed E-state index contributed by atoms with van der Waals surface area (Å²) in [5.41, 5.74) is 0.247. The van der Waals surface area contributed by atoms with Crippen LogP contribution in [0.4, 0.5) is 8.78 Å². The van der Waals surface area contributed by atoms with Gasteiger partial charge < -0.3 is 23.7 Å². The molecular weight excluding hydrogens is 366 g/mol. The van der Waals surface area contributed by atoms with Gasteiger partial charge in [-0.15, -0.1) is 0 Å². The fourth-order valence-electron chi connectivity index (χ4n) is 2.14. The first-order valence-electron chi connectivity index (χ1n) is 7.51. The number of rotatable bonds is 7. The molecule has 0 bridgehead atoms. The summed E-state index contributed by atoms with van der Waals surface area (Å²) in [4.78, 5) is 23.9. The van der Waals surface area contributed by atoms with Crippen LogP contribution in [0.5, 0.6) is 23.0 Å². The van der Waals surface area contributed by atoms with Crippen molar-refractivity contribution in [3.63, 3.8) is 0 Å². The molecule has 2 rings (SSSR count). The number of hydrogen-bond acceptors (Lipinski definition) is 7. The Balaban J connectivity index is 2.25. The lowest BCUT2D eigenvalue weighted by Gasteiger charge is -2.12. The van der Waals surface area contributed by atoms with E-state index in [1.807, 2.05) is 0 Å². The molecule has 27 heavy (non-hydrogen) atoms. The molecule has 0 spiro atoms. The average molecular weight is 382 g/mol. The van der Waals surface area contributed by atoms with E-state index in [1.54, 1.807) is 0 Å². The Labute approximate surface area is 153 Å². The van der Waals surface area contributed by atoms with Gasteiger partial charge in [-0.05, 0) is 36.4 Å². The third-order valence-corrected chi connectivity index (χ3v) is 3.40. The van der Waals surface area contributed by atoms with Crippen molar-refractivity contribution in [1.82, 2.24) is 0 Å². The van der Waals surface area contributed by atoms with E-state index in [0.29, 0.717) is 0 Å². The minimum Gasteiger partial charge on any atom is -0.493 e. The van der Waals surface area contributed by atoms with E-state index in [9.17, 15) is 18.4 Å². The van der Waals surface area contributed by atoms with Crippen LogP contribution in [-0.4, -0.2) is 39.9 Å². The fraction of sp³-hybridized carbons (Fsp3) is 0.222. The molecule has 0 unspecified atom stereocenters. The Morgan fingerprint density at radius 3 is 1.81 bits per heavy atom. The van der Waals surface area contributed by atoms with Gasteiger partial charge in [0, 0.05) is 0 Å². The predicted octanol–water partition coefficient (Wildman–Crippen LogP) is 3.31. The van der Waals surface area contributed by atoms with Gasteiger partial charge in [0.05, 0.1) is 32.5 Å². The van der Waals surface area contributed by atoms with Crippen LogP contribution in [0.15, 0.2) is 36.4 Å². The smallest absolute Gasteiger partial charge is 0.387 e. The van der Waals surface area contributed by atoms with Gasteiger partial charge in [0.2, 0.25) is 0 Å². The third-order valence-electron chi connectivity index (χ3n) is 3.40.